The van der Waals surface area contributed by atoms with E-state index in [0.29, 0.717) is 38.9 Å². The van der Waals surface area contributed by atoms with Crippen molar-refractivity contribution < 1.29 is 14.3 Å². The fourth-order valence-electron chi connectivity index (χ4n) is 6.80. The molecule has 196 valence electrons. The van der Waals surface area contributed by atoms with Gasteiger partial charge in [-0.1, -0.05) is 55.8 Å². The number of halogens is 1. The molecule has 3 aliphatic rings. The lowest BCUT2D eigenvalue weighted by atomic mass is 9.75. The van der Waals surface area contributed by atoms with E-state index < -0.39 is 17.4 Å². The van der Waals surface area contributed by atoms with Crippen LogP contribution in [0.25, 0.3) is 16.6 Å². The second-order valence-corrected chi connectivity index (χ2v) is 11.1. The largest absolute Gasteiger partial charge is 0.495 e. The number of carbonyl (C=O) groups excluding carboxylic acids is 2. The zero-order valence-electron chi connectivity index (χ0n) is 21.5. The molecule has 1 spiro atoms. The number of methoxy groups -OCH3 is 1. The average molecular weight is 541 g/mol. The molecule has 39 heavy (non-hydrogen) atoms. The summed E-state index contributed by atoms with van der Waals surface area (Å²) in [7, 11) is 1.49. The summed E-state index contributed by atoms with van der Waals surface area (Å²) in [6, 6.07) is 19.2. The maximum absolute atomic E-state index is 14.5. The maximum atomic E-state index is 14.5. The number of nitrogens with zero attached hydrogens (tertiary/aromatic N) is 3. The van der Waals surface area contributed by atoms with Crippen LogP contribution < -0.4 is 20.5 Å². The fourth-order valence-corrected chi connectivity index (χ4v) is 6.97. The Kier molecular flexibility index (Phi) is 5.09. The van der Waals surface area contributed by atoms with Gasteiger partial charge in [-0.15, -0.1) is 0 Å². The van der Waals surface area contributed by atoms with Crippen molar-refractivity contribution in [2.45, 2.75) is 25.4 Å². The van der Waals surface area contributed by atoms with Crippen molar-refractivity contribution in [2.24, 2.45) is 17.8 Å². The number of hydrogen-bond donors (Lipinski definition) is 1. The van der Waals surface area contributed by atoms with E-state index in [1.807, 2.05) is 50.2 Å². The van der Waals surface area contributed by atoms with Gasteiger partial charge in [0.05, 0.1) is 41.2 Å². The van der Waals surface area contributed by atoms with Gasteiger partial charge in [0.1, 0.15) is 17.1 Å². The number of carbonyl (C=O) groups is 2. The summed E-state index contributed by atoms with van der Waals surface area (Å²) in [5.41, 5.74) is 0.859. The Hall–Kier alpha value is -4.01. The van der Waals surface area contributed by atoms with Gasteiger partial charge < -0.3 is 4.74 Å². The summed E-state index contributed by atoms with van der Waals surface area (Å²) in [5.74, 6) is -1.45. The van der Waals surface area contributed by atoms with Gasteiger partial charge in [-0.3, -0.25) is 24.3 Å². The predicted molar refractivity (Wildman–Crippen MR) is 147 cm³/mol. The number of anilines is 1. The topological polar surface area (TPSA) is 93.5 Å². The first-order valence-electron chi connectivity index (χ1n) is 12.9. The number of nitrogens with one attached hydrogen (secondary N) is 1. The highest BCUT2D eigenvalue weighted by atomic mass is 35.5. The Morgan fingerprint density at radius 3 is 2.49 bits per heavy atom. The van der Waals surface area contributed by atoms with E-state index in [-0.39, 0.29) is 29.3 Å². The zero-order valence-corrected chi connectivity index (χ0v) is 22.3. The van der Waals surface area contributed by atoms with Gasteiger partial charge >= 0.3 is 0 Å². The lowest BCUT2D eigenvalue weighted by Crippen LogP contribution is -2.51. The number of benzene rings is 3. The number of imide groups is 1. The molecule has 0 aliphatic carbocycles. The molecule has 2 amide bonds. The van der Waals surface area contributed by atoms with Crippen LogP contribution in [0.3, 0.4) is 0 Å². The van der Waals surface area contributed by atoms with E-state index >= 15 is 0 Å². The molecule has 9 heteroatoms. The minimum Gasteiger partial charge on any atom is -0.495 e. The SMILES string of the molecule is COc1ccc(Cl)cc1N1C(=O)[C@H]2[C@@H](C1=O)[C@@]1(N[C@H]2C(C)C)c2ccccc2-n2c1nc1ccccc1c2=O. The van der Waals surface area contributed by atoms with E-state index in [2.05, 4.69) is 5.32 Å². The van der Waals surface area contributed by atoms with E-state index in [1.165, 1.54) is 12.0 Å². The third-order valence-corrected chi connectivity index (χ3v) is 8.63. The maximum Gasteiger partial charge on any atom is 0.266 e. The molecule has 3 aromatic carbocycles. The molecule has 8 nitrogen and oxygen atoms in total. The lowest BCUT2D eigenvalue weighted by Gasteiger charge is -2.32. The minimum atomic E-state index is -1.19. The smallest absolute Gasteiger partial charge is 0.266 e. The quantitative estimate of drug-likeness (QED) is 0.394. The number of rotatable bonds is 3. The molecule has 4 aromatic rings. The number of aromatic nitrogens is 2. The highest BCUT2D eigenvalue weighted by Gasteiger charge is 2.70. The van der Waals surface area contributed by atoms with Crippen molar-refractivity contribution in [2.75, 3.05) is 12.0 Å². The minimum absolute atomic E-state index is 0.00298. The van der Waals surface area contributed by atoms with Crippen LogP contribution in [0.2, 0.25) is 5.02 Å². The number of amides is 2. The van der Waals surface area contributed by atoms with Crippen molar-refractivity contribution >= 4 is 40.0 Å². The number of para-hydroxylation sites is 2. The Labute approximate surface area is 229 Å². The van der Waals surface area contributed by atoms with Crippen molar-refractivity contribution in [3.8, 4) is 11.4 Å². The number of hydrogen-bond acceptors (Lipinski definition) is 6. The standard InChI is InChI=1S/C30H25ClN4O4/c1-15(2)25-23-24(28(38)34(27(23)37)21-14-16(31)12-13-22(21)39-3)30(33-25)18-9-5-7-11-20(18)35-26(36)17-8-4-6-10-19(17)32-29(30)35/h4-15,23-25,33H,1-3H3/t23-,24-,25-,30-/m0/s1. The highest BCUT2D eigenvalue weighted by molar-refractivity contribution is 6.31. The Balaban J connectivity index is 1.53. The first-order valence-corrected chi connectivity index (χ1v) is 13.3. The fraction of sp³-hybridized carbons (Fsp3) is 0.267. The van der Waals surface area contributed by atoms with Crippen molar-refractivity contribution in [1.82, 2.24) is 14.9 Å². The van der Waals surface area contributed by atoms with E-state index in [9.17, 15) is 14.4 Å². The molecule has 1 aromatic heterocycles. The van der Waals surface area contributed by atoms with Crippen LogP contribution in [0.1, 0.15) is 25.2 Å². The summed E-state index contributed by atoms with van der Waals surface area (Å²) in [6.45, 7) is 4.05. The van der Waals surface area contributed by atoms with Gasteiger partial charge in [0.2, 0.25) is 11.8 Å². The number of fused-ring (bicyclic) bond motifs is 8. The van der Waals surface area contributed by atoms with Gasteiger partial charge in [-0.25, -0.2) is 9.88 Å². The van der Waals surface area contributed by atoms with Crippen molar-refractivity contribution in [3.05, 3.63) is 93.5 Å². The highest BCUT2D eigenvalue weighted by Crippen LogP contribution is 2.57. The second-order valence-electron chi connectivity index (χ2n) is 10.7. The van der Waals surface area contributed by atoms with Gasteiger partial charge in [0, 0.05) is 16.6 Å². The molecule has 0 saturated carbocycles. The van der Waals surface area contributed by atoms with Gasteiger partial charge in [-0.05, 0) is 42.3 Å². The lowest BCUT2D eigenvalue weighted by molar-refractivity contribution is -0.123. The average Bonchev–Trinajstić information content (AvgIpc) is 3.52. The van der Waals surface area contributed by atoms with Crippen LogP contribution >= 0.6 is 11.6 Å². The molecule has 0 bridgehead atoms. The monoisotopic (exact) mass is 540 g/mol. The first kappa shape index (κ1) is 24.1. The second kappa shape index (κ2) is 8.24. The molecule has 7 rings (SSSR count). The van der Waals surface area contributed by atoms with Crippen molar-refractivity contribution in [3.63, 3.8) is 0 Å². The van der Waals surface area contributed by atoms with Crippen molar-refractivity contribution in [1.29, 1.82) is 0 Å². The third kappa shape index (κ3) is 2.98. The molecule has 4 atom stereocenters. The number of ether oxygens (including phenoxy) is 1. The van der Waals surface area contributed by atoms with Crippen LogP contribution in [-0.4, -0.2) is 34.5 Å². The molecular formula is C30H25ClN4O4. The summed E-state index contributed by atoms with van der Waals surface area (Å²) in [4.78, 5) is 48.8. The molecule has 1 N–H and O–H groups in total. The predicted octanol–water partition coefficient (Wildman–Crippen LogP) is 4.04. The van der Waals surface area contributed by atoms with E-state index in [0.717, 1.165) is 5.56 Å². The molecule has 0 unspecified atom stereocenters. The zero-order chi connectivity index (χ0) is 27.2. The summed E-state index contributed by atoms with van der Waals surface area (Å²) in [5, 5.41) is 4.57. The normalized spacial score (nSPS) is 25.1. The molecular weight excluding hydrogens is 516 g/mol. The molecule has 4 heterocycles. The van der Waals surface area contributed by atoms with Gasteiger partial charge in [0.15, 0.2) is 0 Å². The van der Waals surface area contributed by atoms with Crippen LogP contribution in [0.5, 0.6) is 5.75 Å². The van der Waals surface area contributed by atoms with Crippen LogP contribution in [0, 0.1) is 17.8 Å². The molecule has 2 saturated heterocycles. The van der Waals surface area contributed by atoms with Gasteiger partial charge in [-0.2, -0.15) is 0 Å². The summed E-state index contributed by atoms with van der Waals surface area (Å²) < 4.78 is 7.12. The summed E-state index contributed by atoms with van der Waals surface area (Å²) in [6.07, 6.45) is 0. The summed E-state index contributed by atoms with van der Waals surface area (Å²) >= 11 is 6.31. The Bertz CT molecular complexity index is 1780. The molecule has 2 fully saturated rings. The van der Waals surface area contributed by atoms with E-state index in [4.69, 9.17) is 21.3 Å². The third-order valence-electron chi connectivity index (χ3n) is 8.40. The van der Waals surface area contributed by atoms with Crippen LogP contribution in [-0.2, 0) is 15.1 Å². The first-order chi connectivity index (χ1) is 18.8. The van der Waals surface area contributed by atoms with Crippen LogP contribution in [0.15, 0.2) is 71.5 Å². The molecule has 0 radical (unpaired) electrons. The Morgan fingerprint density at radius 2 is 1.72 bits per heavy atom. The molecule has 3 aliphatic heterocycles. The van der Waals surface area contributed by atoms with E-state index in [1.54, 1.807) is 34.9 Å². The van der Waals surface area contributed by atoms with Crippen LogP contribution in [0.4, 0.5) is 5.69 Å². The van der Waals surface area contributed by atoms with Gasteiger partial charge in [0.25, 0.3) is 5.56 Å². The Morgan fingerprint density at radius 1 is 0.974 bits per heavy atom.